The largest absolute Gasteiger partial charge is 0.480 e. The first-order valence-corrected chi connectivity index (χ1v) is 8.20. The molecule has 23 heavy (non-hydrogen) atoms. The molecule has 118 valence electrons. The zero-order chi connectivity index (χ0) is 16.9. The van der Waals surface area contributed by atoms with Gasteiger partial charge in [-0.25, -0.2) is 8.42 Å². The lowest BCUT2D eigenvalue weighted by Crippen LogP contribution is -2.42. The number of nitrogens with one attached hydrogen (secondary N) is 1. The number of benzene rings is 2. The van der Waals surface area contributed by atoms with Crippen LogP contribution in [0.15, 0.2) is 59.5 Å². The summed E-state index contributed by atoms with van der Waals surface area (Å²) in [4.78, 5) is 11.4. The molecule has 0 aromatic heterocycles. The molecule has 0 aliphatic rings. The number of nitriles is 1. The van der Waals surface area contributed by atoms with Crippen molar-refractivity contribution in [1.29, 1.82) is 5.26 Å². The summed E-state index contributed by atoms with van der Waals surface area (Å²) in [7, 11) is -3.92. The van der Waals surface area contributed by atoms with Gasteiger partial charge in [0.2, 0.25) is 10.0 Å². The van der Waals surface area contributed by atoms with Crippen LogP contribution in [0.1, 0.15) is 11.1 Å². The predicted octanol–water partition coefficient (Wildman–Crippen LogP) is 1.53. The van der Waals surface area contributed by atoms with E-state index in [9.17, 15) is 18.3 Å². The number of sulfonamides is 1. The van der Waals surface area contributed by atoms with Crippen LogP contribution in [0.2, 0.25) is 0 Å². The van der Waals surface area contributed by atoms with Gasteiger partial charge in [-0.15, -0.1) is 0 Å². The molecule has 0 spiro atoms. The van der Waals surface area contributed by atoms with E-state index in [1.807, 2.05) is 6.07 Å². The number of carboxylic acid groups (broad SMARTS) is 1. The van der Waals surface area contributed by atoms with E-state index in [0.717, 1.165) is 0 Å². The standard InChI is InChI=1S/C16H14N2O4S/c17-11-13-8-6-12(7-9-13)10-15(16(19)20)18-23(21,22)14-4-2-1-3-5-14/h1-9,15,18H,10H2,(H,19,20)/t15-/m0/s1. The molecule has 2 aromatic carbocycles. The van der Waals surface area contributed by atoms with Crippen molar-refractivity contribution < 1.29 is 18.3 Å². The fourth-order valence-corrected chi connectivity index (χ4v) is 3.20. The highest BCUT2D eigenvalue weighted by atomic mass is 32.2. The van der Waals surface area contributed by atoms with Crippen molar-refractivity contribution in [2.45, 2.75) is 17.4 Å². The summed E-state index contributed by atoms with van der Waals surface area (Å²) >= 11 is 0. The van der Waals surface area contributed by atoms with E-state index in [4.69, 9.17) is 5.26 Å². The van der Waals surface area contributed by atoms with Gasteiger partial charge in [-0.3, -0.25) is 4.79 Å². The molecule has 0 bridgehead atoms. The zero-order valence-electron chi connectivity index (χ0n) is 12.0. The third kappa shape index (κ3) is 4.39. The minimum atomic E-state index is -3.92. The van der Waals surface area contributed by atoms with Crippen LogP contribution in [0.25, 0.3) is 0 Å². The Morgan fingerprint density at radius 3 is 2.26 bits per heavy atom. The first kappa shape index (κ1) is 16.7. The summed E-state index contributed by atoms with van der Waals surface area (Å²) in [6.07, 6.45) is -0.0207. The van der Waals surface area contributed by atoms with Gasteiger partial charge in [-0.1, -0.05) is 30.3 Å². The van der Waals surface area contributed by atoms with Gasteiger partial charge >= 0.3 is 5.97 Å². The lowest BCUT2D eigenvalue weighted by atomic mass is 10.1. The Balaban J connectivity index is 2.19. The Morgan fingerprint density at radius 2 is 1.74 bits per heavy atom. The molecule has 0 saturated carbocycles. The van der Waals surface area contributed by atoms with Crippen molar-refractivity contribution in [3.05, 3.63) is 65.7 Å². The SMILES string of the molecule is N#Cc1ccc(C[C@H](NS(=O)(=O)c2ccccc2)C(=O)O)cc1. The fraction of sp³-hybridized carbons (Fsp3) is 0.125. The highest BCUT2D eigenvalue weighted by molar-refractivity contribution is 7.89. The van der Waals surface area contributed by atoms with Crippen LogP contribution in [0.3, 0.4) is 0 Å². The molecule has 0 aliphatic carbocycles. The zero-order valence-corrected chi connectivity index (χ0v) is 12.8. The summed E-state index contributed by atoms with van der Waals surface area (Å²) in [5.74, 6) is -1.27. The van der Waals surface area contributed by atoms with E-state index in [1.165, 1.54) is 12.1 Å². The highest BCUT2D eigenvalue weighted by Gasteiger charge is 2.25. The van der Waals surface area contributed by atoms with Gasteiger partial charge < -0.3 is 5.11 Å². The van der Waals surface area contributed by atoms with E-state index in [1.54, 1.807) is 42.5 Å². The van der Waals surface area contributed by atoms with Crippen LogP contribution in [0.5, 0.6) is 0 Å². The first-order valence-electron chi connectivity index (χ1n) is 6.71. The molecule has 0 fully saturated rings. The molecule has 0 aliphatic heterocycles. The van der Waals surface area contributed by atoms with Crippen molar-refractivity contribution in [3.8, 4) is 6.07 Å². The maximum atomic E-state index is 12.2. The van der Waals surface area contributed by atoms with Gasteiger partial charge in [-0.05, 0) is 36.2 Å². The topological polar surface area (TPSA) is 107 Å². The Bertz CT molecular complexity index is 825. The molecule has 0 radical (unpaired) electrons. The Morgan fingerprint density at radius 1 is 1.13 bits per heavy atom. The molecule has 2 aromatic rings. The van der Waals surface area contributed by atoms with E-state index < -0.39 is 22.0 Å². The second-order valence-corrected chi connectivity index (χ2v) is 6.55. The molecule has 0 unspecified atom stereocenters. The summed E-state index contributed by atoms with van der Waals surface area (Å²) in [6, 6.07) is 14.6. The van der Waals surface area contributed by atoms with Crippen LogP contribution in [-0.2, 0) is 21.2 Å². The molecule has 0 heterocycles. The lowest BCUT2D eigenvalue weighted by molar-refractivity contribution is -0.138. The molecule has 0 saturated heterocycles. The van der Waals surface area contributed by atoms with Crippen molar-refractivity contribution in [2.75, 3.05) is 0 Å². The summed E-state index contributed by atoms with van der Waals surface area (Å²) < 4.78 is 26.6. The van der Waals surface area contributed by atoms with E-state index in [0.29, 0.717) is 11.1 Å². The first-order chi connectivity index (χ1) is 10.9. The Labute approximate surface area is 134 Å². The number of carboxylic acids is 1. The highest BCUT2D eigenvalue weighted by Crippen LogP contribution is 2.11. The molecule has 1 atom stereocenters. The summed E-state index contributed by atoms with van der Waals surface area (Å²) in [5, 5.41) is 18.0. The number of aliphatic carboxylic acids is 1. The fourth-order valence-electron chi connectivity index (χ4n) is 1.99. The van der Waals surface area contributed by atoms with Crippen molar-refractivity contribution in [2.24, 2.45) is 0 Å². The van der Waals surface area contributed by atoms with Crippen LogP contribution < -0.4 is 4.72 Å². The average molecular weight is 330 g/mol. The van der Waals surface area contributed by atoms with E-state index in [-0.39, 0.29) is 11.3 Å². The number of nitrogens with zero attached hydrogens (tertiary/aromatic N) is 1. The Kier molecular flexibility index (Phi) is 5.11. The normalized spacial score (nSPS) is 12.3. The van der Waals surface area contributed by atoms with Crippen molar-refractivity contribution >= 4 is 16.0 Å². The molecule has 6 nitrogen and oxygen atoms in total. The van der Waals surface area contributed by atoms with Gasteiger partial charge in [0.25, 0.3) is 0 Å². The number of hydrogen-bond acceptors (Lipinski definition) is 4. The molecule has 0 amide bonds. The van der Waals surface area contributed by atoms with Crippen molar-refractivity contribution in [3.63, 3.8) is 0 Å². The molecular weight excluding hydrogens is 316 g/mol. The van der Waals surface area contributed by atoms with Gasteiger partial charge in [0, 0.05) is 0 Å². The average Bonchev–Trinajstić information content (AvgIpc) is 2.55. The van der Waals surface area contributed by atoms with Crippen LogP contribution in [-0.4, -0.2) is 25.5 Å². The van der Waals surface area contributed by atoms with Gasteiger partial charge in [-0.2, -0.15) is 9.98 Å². The monoisotopic (exact) mass is 330 g/mol. The minimum absolute atomic E-state index is 0.00563. The lowest BCUT2D eigenvalue weighted by Gasteiger charge is -2.15. The second kappa shape index (κ2) is 7.05. The second-order valence-electron chi connectivity index (χ2n) is 4.84. The van der Waals surface area contributed by atoms with Crippen molar-refractivity contribution in [1.82, 2.24) is 4.72 Å². The molecule has 2 N–H and O–H groups in total. The van der Waals surface area contributed by atoms with Gasteiger partial charge in [0.15, 0.2) is 0 Å². The molecule has 7 heteroatoms. The number of rotatable bonds is 6. The maximum Gasteiger partial charge on any atom is 0.322 e. The summed E-state index contributed by atoms with van der Waals surface area (Å²) in [6.45, 7) is 0. The minimum Gasteiger partial charge on any atom is -0.480 e. The van der Waals surface area contributed by atoms with Crippen LogP contribution >= 0.6 is 0 Å². The van der Waals surface area contributed by atoms with Crippen LogP contribution in [0, 0.1) is 11.3 Å². The quantitative estimate of drug-likeness (QED) is 0.835. The third-order valence-corrected chi connectivity index (χ3v) is 4.66. The van der Waals surface area contributed by atoms with Gasteiger partial charge in [0.05, 0.1) is 16.5 Å². The van der Waals surface area contributed by atoms with E-state index >= 15 is 0 Å². The molecule has 2 rings (SSSR count). The maximum absolute atomic E-state index is 12.2. The third-order valence-electron chi connectivity index (χ3n) is 3.17. The molecular formula is C16H14N2O4S. The summed E-state index contributed by atoms with van der Waals surface area (Å²) in [5.41, 5.74) is 1.07. The smallest absolute Gasteiger partial charge is 0.322 e. The number of carbonyl (C=O) groups is 1. The number of hydrogen-bond donors (Lipinski definition) is 2. The predicted molar refractivity (Wildman–Crippen MR) is 83.0 cm³/mol. The Hall–Kier alpha value is -2.69. The van der Waals surface area contributed by atoms with Gasteiger partial charge in [0.1, 0.15) is 6.04 Å². The van der Waals surface area contributed by atoms with Crippen LogP contribution in [0.4, 0.5) is 0 Å². The van der Waals surface area contributed by atoms with E-state index in [2.05, 4.69) is 4.72 Å².